The summed E-state index contributed by atoms with van der Waals surface area (Å²) in [6, 6.07) is -0.943. The molecule has 108 valence electrons. The molecule has 0 radical (unpaired) electrons. The van der Waals surface area contributed by atoms with E-state index in [0.29, 0.717) is 19.4 Å². The summed E-state index contributed by atoms with van der Waals surface area (Å²) in [7, 11) is 0. The van der Waals surface area contributed by atoms with E-state index in [1.165, 1.54) is 4.90 Å². The lowest BCUT2D eigenvalue weighted by molar-refractivity contribution is -0.147. The first-order valence-electron chi connectivity index (χ1n) is 6.05. The molecule has 1 rings (SSSR count). The van der Waals surface area contributed by atoms with Crippen molar-refractivity contribution in [2.45, 2.75) is 45.3 Å². The van der Waals surface area contributed by atoms with Crippen LogP contribution in [0.5, 0.6) is 0 Å². The number of amides is 1. The zero-order chi connectivity index (χ0) is 14.8. The van der Waals surface area contributed by atoms with E-state index in [2.05, 4.69) is 0 Å². The second-order valence-corrected chi connectivity index (χ2v) is 6.57. The fourth-order valence-electron chi connectivity index (χ4n) is 2.06. The molecule has 0 spiro atoms. The molecule has 1 heterocycles. The first kappa shape index (κ1) is 16.2. The van der Waals surface area contributed by atoms with Crippen molar-refractivity contribution < 1.29 is 24.2 Å². The van der Waals surface area contributed by atoms with Crippen LogP contribution in [0.3, 0.4) is 0 Å². The van der Waals surface area contributed by atoms with Crippen molar-refractivity contribution in [3.63, 3.8) is 0 Å². The molecule has 0 aromatic rings. The number of rotatable bonds is 2. The van der Waals surface area contributed by atoms with Crippen molar-refractivity contribution in [1.29, 1.82) is 0 Å². The highest BCUT2D eigenvalue weighted by atomic mass is 127. The van der Waals surface area contributed by atoms with Crippen molar-refractivity contribution in [3.8, 4) is 0 Å². The van der Waals surface area contributed by atoms with Gasteiger partial charge in [0.1, 0.15) is 11.6 Å². The van der Waals surface area contributed by atoms with Gasteiger partial charge in [-0.05, 0) is 33.6 Å². The largest absolute Gasteiger partial charge is 0.481 e. The molecule has 1 N–H and O–H groups in total. The van der Waals surface area contributed by atoms with E-state index >= 15 is 0 Å². The lowest BCUT2D eigenvalue weighted by Crippen LogP contribution is -2.54. The molecule has 2 atom stereocenters. The maximum Gasteiger partial charge on any atom is 0.410 e. The predicted octanol–water partition coefficient (Wildman–Crippen LogP) is 2.05. The number of carbonyl (C=O) groups is 3. The number of carbonyl (C=O) groups excluding carboxylic acids is 2. The summed E-state index contributed by atoms with van der Waals surface area (Å²) in [4.78, 5) is 36.1. The van der Waals surface area contributed by atoms with Crippen LogP contribution in [0.15, 0.2) is 0 Å². The molecule has 0 bridgehead atoms. The number of ether oxygens (including phenoxy) is 1. The first-order chi connectivity index (χ1) is 8.63. The van der Waals surface area contributed by atoms with E-state index in [0.717, 1.165) is 0 Å². The normalized spacial score (nSPS) is 23.9. The molecule has 7 heteroatoms. The average Bonchev–Trinajstić information content (AvgIpc) is 2.25. The van der Waals surface area contributed by atoms with E-state index in [4.69, 9.17) is 9.84 Å². The Hall–Kier alpha value is -0.860. The van der Waals surface area contributed by atoms with Crippen LogP contribution in [0.1, 0.15) is 33.6 Å². The molecule has 0 aromatic carbocycles. The van der Waals surface area contributed by atoms with Crippen molar-refractivity contribution in [3.05, 3.63) is 0 Å². The van der Waals surface area contributed by atoms with Crippen molar-refractivity contribution in [1.82, 2.24) is 4.90 Å². The summed E-state index contributed by atoms with van der Waals surface area (Å²) >= 11 is 1.54. The highest BCUT2D eigenvalue weighted by Gasteiger charge is 2.43. The third-order valence-electron chi connectivity index (χ3n) is 2.81. The molecule has 1 unspecified atom stereocenters. The topological polar surface area (TPSA) is 83.9 Å². The lowest BCUT2D eigenvalue weighted by Gasteiger charge is -2.38. The van der Waals surface area contributed by atoms with Gasteiger partial charge in [0.15, 0.2) is 0 Å². The fraction of sp³-hybridized carbons (Fsp3) is 0.750. The Kier molecular flexibility index (Phi) is 5.17. The van der Waals surface area contributed by atoms with Crippen molar-refractivity contribution in [2.24, 2.45) is 5.92 Å². The summed E-state index contributed by atoms with van der Waals surface area (Å²) in [5, 5.41) is 9.16. The molecule has 1 amide bonds. The van der Waals surface area contributed by atoms with Crippen LogP contribution in [0.25, 0.3) is 0 Å². The third kappa shape index (κ3) is 4.32. The van der Waals surface area contributed by atoms with Gasteiger partial charge in [-0.1, -0.05) is 0 Å². The Balaban J connectivity index is 2.93. The highest BCUT2D eigenvalue weighted by Crippen LogP contribution is 2.28. The lowest BCUT2D eigenvalue weighted by atomic mass is 9.90. The Bertz CT molecular complexity index is 390. The zero-order valence-electron chi connectivity index (χ0n) is 11.2. The molecule has 6 nitrogen and oxygen atoms in total. The number of hydrogen-bond acceptors (Lipinski definition) is 4. The minimum Gasteiger partial charge on any atom is -0.481 e. The average molecular weight is 383 g/mol. The Morgan fingerprint density at radius 1 is 1.32 bits per heavy atom. The van der Waals surface area contributed by atoms with Crippen LogP contribution in [0, 0.1) is 5.92 Å². The van der Waals surface area contributed by atoms with Crippen molar-refractivity contribution in [2.75, 3.05) is 6.54 Å². The highest BCUT2D eigenvalue weighted by molar-refractivity contribution is 14.1. The smallest absolute Gasteiger partial charge is 0.410 e. The number of halogens is 1. The Morgan fingerprint density at radius 2 is 1.89 bits per heavy atom. The molecular formula is C12H18INO5. The number of aliphatic carboxylic acids is 1. The van der Waals surface area contributed by atoms with Crippen LogP contribution in [0.2, 0.25) is 0 Å². The molecule has 1 aliphatic rings. The van der Waals surface area contributed by atoms with Gasteiger partial charge >= 0.3 is 12.1 Å². The van der Waals surface area contributed by atoms with Crippen LogP contribution in [0.4, 0.5) is 4.79 Å². The second-order valence-electron chi connectivity index (χ2n) is 5.51. The van der Waals surface area contributed by atoms with E-state index in [1.54, 1.807) is 43.4 Å². The molecule has 0 saturated carbocycles. The predicted molar refractivity (Wildman–Crippen MR) is 76.1 cm³/mol. The first-order valence-corrected chi connectivity index (χ1v) is 7.13. The number of carboxylic acid groups (broad SMARTS) is 1. The molecule has 1 aliphatic heterocycles. The van der Waals surface area contributed by atoms with Crippen LogP contribution >= 0.6 is 22.6 Å². The number of likely N-dealkylation sites (tertiary alicyclic amines) is 1. The third-order valence-corrected chi connectivity index (χ3v) is 3.45. The quantitative estimate of drug-likeness (QED) is 0.583. The maximum atomic E-state index is 12.1. The molecule has 1 fully saturated rings. The summed E-state index contributed by atoms with van der Waals surface area (Å²) in [5.41, 5.74) is -0.674. The van der Waals surface area contributed by atoms with Crippen LogP contribution in [-0.4, -0.2) is 44.0 Å². The SMILES string of the molecule is CC(C)(C)OC(=O)N1CCC[C@H](C(=O)O)C1C(=O)I. The van der Waals surface area contributed by atoms with Gasteiger partial charge in [0.25, 0.3) is 0 Å². The number of hydrogen-bond donors (Lipinski definition) is 1. The van der Waals surface area contributed by atoms with Gasteiger partial charge in [0.2, 0.25) is 3.79 Å². The number of carboxylic acids is 1. The van der Waals surface area contributed by atoms with Gasteiger partial charge in [-0.25, -0.2) is 4.79 Å². The van der Waals surface area contributed by atoms with Gasteiger partial charge in [0.05, 0.1) is 5.92 Å². The van der Waals surface area contributed by atoms with E-state index in [-0.39, 0.29) is 3.79 Å². The van der Waals surface area contributed by atoms with Crippen LogP contribution in [-0.2, 0) is 14.3 Å². The summed E-state index contributed by atoms with van der Waals surface area (Å²) in [5.74, 6) is -1.91. The second kappa shape index (κ2) is 6.06. The van der Waals surface area contributed by atoms with Gasteiger partial charge in [-0.3, -0.25) is 14.5 Å². The summed E-state index contributed by atoms with van der Waals surface area (Å²) in [6.45, 7) is 5.53. The van der Waals surface area contributed by atoms with Crippen LogP contribution < -0.4 is 0 Å². The molecule has 1 saturated heterocycles. The fourth-order valence-corrected chi connectivity index (χ4v) is 2.83. The van der Waals surface area contributed by atoms with Gasteiger partial charge in [0, 0.05) is 29.1 Å². The van der Waals surface area contributed by atoms with E-state index in [9.17, 15) is 14.4 Å². The van der Waals surface area contributed by atoms with Gasteiger partial charge in [-0.15, -0.1) is 0 Å². The summed E-state index contributed by atoms with van der Waals surface area (Å²) < 4.78 is 4.87. The van der Waals surface area contributed by atoms with Gasteiger partial charge in [-0.2, -0.15) is 0 Å². The zero-order valence-corrected chi connectivity index (χ0v) is 13.3. The van der Waals surface area contributed by atoms with E-state index < -0.39 is 29.6 Å². The minimum atomic E-state index is -1.05. The number of piperidine rings is 1. The minimum absolute atomic E-state index is 0.345. The Labute approximate surface area is 125 Å². The maximum absolute atomic E-state index is 12.1. The molecule has 19 heavy (non-hydrogen) atoms. The van der Waals surface area contributed by atoms with E-state index in [1.807, 2.05) is 0 Å². The summed E-state index contributed by atoms with van der Waals surface area (Å²) in [6.07, 6.45) is 0.318. The number of nitrogens with zero attached hydrogens (tertiary/aromatic N) is 1. The monoisotopic (exact) mass is 383 g/mol. The molecule has 0 aromatic heterocycles. The van der Waals surface area contributed by atoms with Crippen molar-refractivity contribution >= 4 is 38.4 Å². The van der Waals surface area contributed by atoms with Gasteiger partial charge < -0.3 is 9.84 Å². The Morgan fingerprint density at radius 3 is 2.32 bits per heavy atom. The molecular weight excluding hydrogens is 365 g/mol. The molecule has 0 aliphatic carbocycles. The standard InChI is InChI=1S/C12H18INO5/c1-12(2,3)19-11(18)14-6-4-5-7(10(16)17)8(14)9(13)15/h7-8H,4-6H2,1-3H3,(H,16,17)/t7-,8?/m0/s1.